The molecule has 0 aliphatic rings. The maximum atomic E-state index is 11.7. The topological polar surface area (TPSA) is 54.9 Å². The summed E-state index contributed by atoms with van der Waals surface area (Å²) >= 11 is 7.18. The number of anilines is 1. The molecule has 0 saturated heterocycles. The van der Waals surface area contributed by atoms with Crippen molar-refractivity contribution in [3.05, 3.63) is 45.9 Å². The van der Waals surface area contributed by atoms with Crippen molar-refractivity contribution in [2.75, 3.05) is 5.32 Å². The fraction of sp³-hybridized carbons (Fsp3) is 0.214. The summed E-state index contributed by atoms with van der Waals surface area (Å²) in [6, 6.07) is 7.24. The van der Waals surface area contributed by atoms with E-state index in [2.05, 4.69) is 15.5 Å². The minimum Gasteiger partial charge on any atom is -0.297 e. The Morgan fingerprint density at radius 3 is 2.60 bits per heavy atom. The van der Waals surface area contributed by atoms with E-state index in [0.29, 0.717) is 16.1 Å². The number of nitrogens with zero attached hydrogens (tertiary/aromatic N) is 2. The smallest absolute Gasteiger partial charge is 0.250 e. The fourth-order valence-electron chi connectivity index (χ4n) is 1.41. The van der Waals surface area contributed by atoms with Crippen molar-refractivity contribution >= 4 is 40.1 Å². The highest BCUT2D eigenvalue weighted by Gasteiger charge is 2.08. The molecule has 0 aliphatic heterocycles. The van der Waals surface area contributed by atoms with E-state index >= 15 is 0 Å². The lowest BCUT2D eigenvalue weighted by Gasteiger charge is -1.96. The van der Waals surface area contributed by atoms with Crippen LogP contribution in [0.15, 0.2) is 30.3 Å². The SMILES string of the molecule is CC(C)c1nnc(NC(=O)C=Cc2ccc(Cl)cc2)s1. The van der Waals surface area contributed by atoms with Crippen molar-refractivity contribution in [2.45, 2.75) is 19.8 Å². The summed E-state index contributed by atoms with van der Waals surface area (Å²) in [4.78, 5) is 11.7. The number of hydrogen-bond donors (Lipinski definition) is 1. The summed E-state index contributed by atoms with van der Waals surface area (Å²) in [6.07, 6.45) is 3.18. The van der Waals surface area contributed by atoms with E-state index in [-0.39, 0.29) is 5.91 Å². The Balaban J connectivity index is 1.96. The van der Waals surface area contributed by atoms with Crippen LogP contribution in [0.4, 0.5) is 5.13 Å². The van der Waals surface area contributed by atoms with Gasteiger partial charge in [0, 0.05) is 17.0 Å². The Bertz CT molecular complexity index is 620. The third-order valence-corrected chi connectivity index (χ3v) is 3.85. The molecule has 104 valence electrons. The Morgan fingerprint density at radius 2 is 2.00 bits per heavy atom. The first kappa shape index (κ1) is 14.7. The van der Waals surface area contributed by atoms with Crippen LogP contribution in [0.1, 0.15) is 30.3 Å². The Kier molecular flexibility index (Phi) is 4.87. The molecule has 1 amide bonds. The molecular formula is C14H14ClN3OS. The van der Waals surface area contributed by atoms with Crippen molar-refractivity contribution in [1.82, 2.24) is 10.2 Å². The van der Waals surface area contributed by atoms with Gasteiger partial charge in [-0.15, -0.1) is 10.2 Å². The Morgan fingerprint density at radius 1 is 1.30 bits per heavy atom. The minimum absolute atomic E-state index is 0.230. The second-order valence-electron chi connectivity index (χ2n) is 4.47. The van der Waals surface area contributed by atoms with E-state index < -0.39 is 0 Å². The number of carbonyl (C=O) groups is 1. The van der Waals surface area contributed by atoms with Gasteiger partial charge in [-0.25, -0.2) is 0 Å². The van der Waals surface area contributed by atoms with Gasteiger partial charge < -0.3 is 0 Å². The quantitative estimate of drug-likeness (QED) is 0.870. The van der Waals surface area contributed by atoms with Gasteiger partial charge >= 0.3 is 0 Å². The van der Waals surface area contributed by atoms with E-state index in [1.807, 2.05) is 26.0 Å². The maximum Gasteiger partial charge on any atom is 0.250 e. The highest BCUT2D eigenvalue weighted by Crippen LogP contribution is 2.22. The molecule has 2 aromatic rings. The van der Waals surface area contributed by atoms with Crippen molar-refractivity contribution in [1.29, 1.82) is 0 Å². The first-order valence-corrected chi connectivity index (χ1v) is 7.32. The second-order valence-corrected chi connectivity index (χ2v) is 5.92. The lowest BCUT2D eigenvalue weighted by Crippen LogP contribution is -2.07. The summed E-state index contributed by atoms with van der Waals surface area (Å²) in [5.74, 6) is 0.0779. The van der Waals surface area contributed by atoms with Crippen molar-refractivity contribution in [3.63, 3.8) is 0 Å². The minimum atomic E-state index is -0.230. The Hall–Kier alpha value is -1.72. The van der Waals surface area contributed by atoms with Gasteiger partial charge in [0.25, 0.3) is 0 Å². The van der Waals surface area contributed by atoms with Gasteiger partial charge in [0.05, 0.1) is 0 Å². The molecule has 0 unspecified atom stereocenters. The largest absolute Gasteiger partial charge is 0.297 e. The number of nitrogens with one attached hydrogen (secondary N) is 1. The molecule has 1 heterocycles. The van der Waals surface area contributed by atoms with Crippen molar-refractivity contribution < 1.29 is 4.79 Å². The molecule has 6 heteroatoms. The molecule has 1 N–H and O–H groups in total. The van der Waals surface area contributed by atoms with Crippen molar-refractivity contribution in [2.24, 2.45) is 0 Å². The highest BCUT2D eigenvalue weighted by atomic mass is 35.5. The summed E-state index contributed by atoms with van der Waals surface area (Å²) in [5.41, 5.74) is 0.907. The first-order valence-electron chi connectivity index (χ1n) is 6.12. The number of carbonyl (C=O) groups excluding carboxylic acids is 1. The number of rotatable bonds is 4. The van der Waals surface area contributed by atoms with Crippen LogP contribution in [0.5, 0.6) is 0 Å². The third kappa shape index (κ3) is 4.15. The molecule has 1 aromatic heterocycles. The molecule has 0 fully saturated rings. The molecule has 0 aliphatic carbocycles. The molecule has 0 bridgehead atoms. The molecule has 0 spiro atoms. The zero-order valence-corrected chi connectivity index (χ0v) is 12.7. The number of benzene rings is 1. The van der Waals surface area contributed by atoms with Crippen LogP contribution in [0.2, 0.25) is 5.02 Å². The van der Waals surface area contributed by atoms with Crippen molar-refractivity contribution in [3.8, 4) is 0 Å². The molecule has 0 atom stereocenters. The number of hydrogen-bond acceptors (Lipinski definition) is 4. The second kappa shape index (κ2) is 6.63. The molecule has 0 radical (unpaired) electrons. The molecule has 1 aromatic carbocycles. The fourth-order valence-corrected chi connectivity index (χ4v) is 2.29. The van der Waals surface area contributed by atoms with Crippen LogP contribution in [0.25, 0.3) is 6.08 Å². The van der Waals surface area contributed by atoms with E-state index in [9.17, 15) is 4.79 Å². The normalized spacial score (nSPS) is 11.2. The zero-order valence-electron chi connectivity index (χ0n) is 11.1. The zero-order chi connectivity index (χ0) is 14.5. The van der Waals surface area contributed by atoms with Gasteiger partial charge in [0.15, 0.2) is 0 Å². The van der Waals surface area contributed by atoms with Crippen LogP contribution in [0.3, 0.4) is 0 Å². The standard InChI is InChI=1S/C14H14ClN3OS/c1-9(2)13-17-18-14(20-13)16-12(19)8-5-10-3-6-11(15)7-4-10/h3-9H,1-2H3,(H,16,18,19). The van der Waals surface area contributed by atoms with E-state index in [1.54, 1.807) is 18.2 Å². The molecule has 20 heavy (non-hydrogen) atoms. The average molecular weight is 308 g/mol. The van der Waals surface area contributed by atoms with E-state index in [1.165, 1.54) is 17.4 Å². The average Bonchev–Trinajstić information content (AvgIpc) is 2.87. The number of aromatic nitrogens is 2. The van der Waals surface area contributed by atoms with Crippen LogP contribution >= 0.6 is 22.9 Å². The molecule has 0 saturated carbocycles. The molecule has 2 rings (SSSR count). The van der Waals surface area contributed by atoms with Gasteiger partial charge in [-0.2, -0.15) is 0 Å². The van der Waals surface area contributed by atoms with Gasteiger partial charge in [-0.1, -0.05) is 48.9 Å². The highest BCUT2D eigenvalue weighted by molar-refractivity contribution is 7.15. The summed E-state index contributed by atoms with van der Waals surface area (Å²) in [7, 11) is 0. The summed E-state index contributed by atoms with van der Waals surface area (Å²) < 4.78 is 0. The predicted octanol–water partition coefficient (Wildman–Crippen LogP) is 3.97. The Labute approximate surface area is 126 Å². The first-order chi connectivity index (χ1) is 9.54. The van der Waals surface area contributed by atoms with Gasteiger partial charge in [0.1, 0.15) is 5.01 Å². The molecular weight excluding hydrogens is 294 g/mol. The van der Waals surface area contributed by atoms with E-state index in [4.69, 9.17) is 11.6 Å². The lowest BCUT2D eigenvalue weighted by atomic mass is 10.2. The van der Waals surface area contributed by atoms with Gasteiger partial charge in [-0.3, -0.25) is 10.1 Å². The number of halogens is 1. The predicted molar refractivity (Wildman–Crippen MR) is 83.1 cm³/mol. The van der Waals surface area contributed by atoms with Gasteiger partial charge in [-0.05, 0) is 23.8 Å². The third-order valence-electron chi connectivity index (χ3n) is 2.46. The van der Waals surface area contributed by atoms with Gasteiger partial charge in [0.2, 0.25) is 11.0 Å². The van der Waals surface area contributed by atoms with E-state index in [0.717, 1.165) is 10.6 Å². The van der Waals surface area contributed by atoms with Crippen LogP contribution < -0.4 is 5.32 Å². The number of amides is 1. The van der Waals surface area contributed by atoms with Crippen LogP contribution in [-0.2, 0) is 4.79 Å². The molecule has 4 nitrogen and oxygen atoms in total. The summed E-state index contributed by atoms with van der Waals surface area (Å²) in [5, 5.41) is 12.7. The lowest BCUT2D eigenvalue weighted by molar-refractivity contribution is -0.111. The van der Waals surface area contributed by atoms with Crippen LogP contribution in [-0.4, -0.2) is 16.1 Å². The van der Waals surface area contributed by atoms with Crippen LogP contribution in [0, 0.1) is 0 Å². The summed E-state index contributed by atoms with van der Waals surface area (Å²) in [6.45, 7) is 4.07. The maximum absolute atomic E-state index is 11.7. The monoisotopic (exact) mass is 307 g/mol.